The number of halogens is 5. The van der Waals surface area contributed by atoms with Gasteiger partial charge in [0.2, 0.25) is 5.75 Å². The number of carbonyl (C=O) groups excluding carboxylic acids is 2. The number of alkyl halides is 3. The Hall–Kier alpha value is -3.25. The summed E-state index contributed by atoms with van der Waals surface area (Å²) < 4.78 is 58.8. The Labute approximate surface area is 200 Å². The second kappa shape index (κ2) is 11.3. The highest BCUT2D eigenvalue weighted by atomic mass is 35.5. The van der Waals surface area contributed by atoms with Gasteiger partial charge in [0.15, 0.2) is 18.5 Å². The summed E-state index contributed by atoms with van der Waals surface area (Å²) >= 11 is 11.7. The molecule has 0 saturated heterocycles. The van der Waals surface area contributed by atoms with Crippen LogP contribution in [0.5, 0.6) is 17.2 Å². The molecule has 0 heterocycles. The molecule has 34 heavy (non-hydrogen) atoms. The fourth-order valence-electron chi connectivity index (χ4n) is 2.43. The zero-order chi connectivity index (χ0) is 25.6. The second-order valence-corrected chi connectivity index (χ2v) is 7.24. The quantitative estimate of drug-likeness (QED) is 0.236. The molecule has 1 atom stereocenters. The Morgan fingerprint density at radius 2 is 1.74 bits per heavy atom. The molecule has 0 aliphatic rings. The second-order valence-electron chi connectivity index (χ2n) is 6.43. The van der Waals surface area contributed by atoms with Gasteiger partial charge in [-0.1, -0.05) is 23.2 Å². The average Bonchev–Trinajstić information content (AvgIpc) is 2.73. The van der Waals surface area contributed by atoms with Crippen molar-refractivity contribution in [1.29, 1.82) is 0 Å². The minimum absolute atomic E-state index is 0.0778. The predicted octanol–water partition coefficient (Wildman–Crippen LogP) is 5.59. The molecule has 0 amide bonds. The Balaban J connectivity index is 2.26. The standard InChI is InChI=1S/C20H16Cl2F3NO8/c1-3-31-17(27)9-32-19(28)10(2)33-16-8-12(4-5-15(16)26(29)30)34-18-13(21)6-11(7-14(18)22)20(23,24)25/h4-8,10H,3,9H2,1-2H3. The van der Waals surface area contributed by atoms with Crippen molar-refractivity contribution in [3.8, 4) is 17.2 Å². The Kier molecular flexibility index (Phi) is 8.93. The third-order valence-corrected chi connectivity index (χ3v) is 4.51. The highest BCUT2D eigenvalue weighted by molar-refractivity contribution is 6.37. The van der Waals surface area contributed by atoms with Gasteiger partial charge in [-0.2, -0.15) is 13.2 Å². The van der Waals surface area contributed by atoms with Crippen LogP contribution in [0.3, 0.4) is 0 Å². The summed E-state index contributed by atoms with van der Waals surface area (Å²) in [6, 6.07) is 4.32. The molecule has 0 bridgehead atoms. The van der Waals surface area contributed by atoms with Crippen LogP contribution in [0.2, 0.25) is 10.0 Å². The van der Waals surface area contributed by atoms with E-state index in [0.717, 1.165) is 18.2 Å². The monoisotopic (exact) mass is 525 g/mol. The molecule has 0 aliphatic heterocycles. The number of rotatable bonds is 9. The van der Waals surface area contributed by atoms with Gasteiger partial charge in [-0.15, -0.1) is 0 Å². The number of nitro groups is 1. The Bertz CT molecular complexity index is 1070. The number of hydrogen-bond acceptors (Lipinski definition) is 8. The number of nitrogens with zero attached hydrogens (tertiary/aromatic N) is 1. The number of carbonyl (C=O) groups is 2. The minimum Gasteiger partial charge on any atom is -0.472 e. The molecule has 0 saturated carbocycles. The first-order valence-corrected chi connectivity index (χ1v) is 10.1. The number of ether oxygens (including phenoxy) is 4. The van der Waals surface area contributed by atoms with E-state index in [9.17, 15) is 32.9 Å². The first-order chi connectivity index (χ1) is 15.8. The summed E-state index contributed by atoms with van der Waals surface area (Å²) in [5, 5.41) is 10.4. The lowest BCUT2D eigenvalue weighted by molar-refractivity contribution is -0.386. The van der Waals surface area contributed by atoms with E-state index < -0.39 is 62.8 Å². The van der Waals surface area contributed by atoms with Crippen molar-refractivity contribution in [2.24, 2.45) is 0 Å². The molecular weight excluding hydrogens is 510 g/mol. The van der Waals surface area contributed by atoms with E-state index in [1.54, 1.807) is 6.92 Å². The Morgan fingerprint density at radius 3 is 2.26 bits per heavy atom. The van der Waals surface area contributed by atoms with E-state index in [4.69, 9.17) is 37.4 Å². The van der Waals surface area contributed by atoms with E-state index in [1.807, 2.05) is 0 Å². The molecule has 2 rings (SSSR count). The third kappa shape index (κ3) is 7.12. The summed E-state index contributed by atoms with van der Waals surface area (Å²) in [5.41, 5.74) is -1.65. The van der Waals surface area contributed by atoms with Crippen LogP contribution in [0, 0.1) is 10.1 Å². The largest absolute Gasteiger partial charge is 0.472 e. The van der Waals surface area contributed by atoms with Crippen LogP contribution in [-0.4, -0.2) is 36.2 Å². The number of hydrogen-bond donors (Lipinski definition) is 0. The molecule has 0 radical (unpaired) electrons. The van der Waals surface area contributed by atoms with Gasteiger partial charge < -0.3 is 18.9 Å². The Morgan fingerprint density at radius 1 is 1.12 bits per heavy atom. The number of esters is 2. The van der Waals surface area contributed by atoms with Gasteiger partial charge in [-0.3, -0.25) is 10.1 Å². The van der Waals surface area contributed by atoms with E-state index in [0.29, 0.717) is 12.1 Å². The van der Waals surface area contributed by atoms with Gasteiger partial charge in [-0.05, 0) is 32.0 Å². The maximum Gasteiger partial charge on any atom is 0.416 e. The van der Waals surface area contributed by atoms with Crippen LogP contribution in [0.1, 0.15) is 19.4 Å². The topological polar surface area (TPSA) is 114 Å². The van der Waals surface area contributed by atoms with Crippen molar-refractivity contribution < 1.29 is 46.6 Å². The third-order valence-electron chi connectivity index (χ3n) is 3.95. The van der Waals surface area contributed by atoms with Gasteiger partial charge in [-0.25, -0.2) is 9.59 Å². The van der Waals surface area contributed by atoms with Crippen LogP contribution in [0.15, 0.2) is 30.3 Å². The zero-order valence-corrected chi connectivity index (χ0v) is 19.0. The molecule has 0 fully saturated rings. The summed E-state index contributed by atoms with van der Waals surface area (Å²) in [4.78, 5) is 33.9. The summed E-state index contributed by atoms with van der Waals surface area (Å²) in [6.07, 6.45) is -6.08. The smallest absolute Gasteiger partial charge is 0.416 e. The minimum atomic E-state index is -4.70. The van der Waals surface area contributed by atoms with Gasteiger partial charge in [0.25, 0.3) is 0 Å². The molecule has 0 N–H and O–H groups in total. The van der Waals surface area contributed by atoms with Gasteiger partial charge >= 0.3 is 23.8 Å². The summed E-state index contributed by atoms with van der Waals surface area (Å²) in [7, 11) is 0. The molecule has 184 valence electrons. The van der Waals surface area contributed by atoms with Crippen molar-refractivity contribution in [2.75, 3.05) is 13.2 Å². The molecule has 2 aromatic carbocycles. The van der Waals surface area contributed by atoms with Crippen LogP contribution in [0.25, 0.3) is 0 Å². The van der Waals surface area contributed by atoms with E-state index in [-0.39, 0.29) is 18.1 Å². The molecule has 14 heteroatoms. The van der Waals surface area contributed by atoms with E-state index in [2.05, 4.69) is 4.74 Å². The lowest BCUT2D eigenvalue weighted by Gasteiger charge is -2.16. The van der Waals surface area contributed by atoms with Crippen molar-refractivity contribution in [3.05, 3.63) is 56.1 Å². The molecule has 0 aliphatic carbocycles. The highest BCUT2D eigenvalue weighted by Gasteiger charge is 2.32. The molecule has 2 aromatic rings. The zero-order valence-electron chi connectivity index (χ0n) is 17.5. The van der Waals surface area contributed by atoms with Crippen LogP contribution >= 0.6 is 23.2 Å². The lowest BCUT2D eigenvalue weighted by Crippen LogP contribution is -2.28. The van der Waals surface area contributed by atoms with Crippen LogP contribution < -0.4 is 9.47 Å². The van der Waals surface area contributed by atoms with Gasteiger partial charge in [0, 0.05) is 12.1 Å². The lowest BCUT2D eigenvalue weighted by atomic mass is 10.2. The molecule has 0 aromatic heterocycles. The van der Waals surface area contributed by atoms with Gasteiger partial charge in [0.1, 0.15) is 5.75 Å². The maximum atomic E-state index is 12.9. The first kappa shape index (κ1) is 27.0. The molecular formula is C20H16Cl2F3NO8. The van der Waals surface area contributed by atoms with E-state index in [1.165, 1.54) is 6.92 Å². The molecule has 0 spiro atoms. The van der Waals surface area contributed by atoms with Crippen molar-refractivity contribution >= 4 is 40.8 Å². The fourth-order valence-corrected chi connectivity index (χ4v) is 2.99. The average molecular weight is 526 g/mol. The maximum absolute atomic E-state index is 12.9. The van der Waals surface area contributed by atoms with Crippen LogP contribution in [0.4, 0.5) is 18.9 Å². The fraction of sp³-hybridized carbons (Fsp3) is 0.300. The van der Waals surface area contributed by atoms with E-state index >= 15 is 0 Å². The normalized spacial score (nSPS) is 12.0. The number of nitro benzene ring substituents is 1. The van der Waals surface area contributed by atoms with Crippen molar-refractivity contribution in [1.82, 2.24) is 0 Å². The molecule has 1 unspecified atom stereocenters. The summed E-state index contributed by atoms with van der Waals surface area (Å²) in [6.45, 7) is 2.17. The SMILES string of the molecule is CCOC(=O)COC(=O)C(C)Oc1cc(Oc2c(Cl)cc(C(F)(F)F)cc2Cl)ccc1[N+](=O)[O-]. The summed E-state index contributed by atoms with van der Waals surface area (Å²) in [5.74, 6) is -2.71. The van der Waals surface area contributed by atoms with Gasteiger partial charge in [0.05, 0.1) is 27.1 Å². The molecule has 9 nitrogen and oxygen atoms in total. The predicted molar refractivity (Wildman–Crippen MR) is 112 cm³/mol. The van der Waals surface area contributed by atoms with Crippen molar-refractivity contribution in [2.45, 2.75) is 26.1 Å². The van der Waals surface area contributed by atoms with Crippen molar-refractivity contribution in [3.63, 3.8) is 0 Å². The first-order valence-electron chi connectivity index (χ1n) is 9.35. The van der Waals surface area contributed by atoms with Crippen LogP contribution in [-0.2, 0) is 25.2 Å². The highest BCUT2D eigenvalue weighted by Crippen LogP contribution is 2.43. The number of benzene rings is 2.